The molecular formula is C16H17N3S2. The summed E-state index contributed by atoms with van der Waals surface area (Å²) < 4.78 is 0. The van der Waals surface area contributed by atoms with Crippen LogP contribution in [0.5, 0.6) is 0 Å². The van der Waals surface area contributed by atoms with Gasteiger partial charge in [-0.05, 0) is 42.6 Å². The largest absolute Gasteiger partial charge is 0.399 e. The molecule has 3 rings (SSSR count). The van der Waals surface area contributed by atoms with Crippen LogP contribution in [0.4, 0.5) is 5.69 Å². The Labute approximate surface area is 132 Å². The van der Waals surface area contributed by atoms with Gasteiger partial charge in [0.05, 0.1) is 16.6 Å². The van der Waals surface area contributed by atoms with Crippen molar-refractivity contribution in [3.8, 4) is 10.6 Å². The van der Waals surface area contributed by atoms with Crippen molar-refractivity contribution >= 4 is 28.4 Å². The monoisotopic (exact) mass is 315 g/mol. The highest BCUT2D eigenvalue weighted by molar-refractivity contribution is 7.14. The summed E-state index contributed by atoms with van der Waals surface area (Å²) in [5.41, 5.74) is 8.87. The zero-order valence-corrected chi connectivity index (χ0v) is 13.4. The molecule has 1 atom stereocenters. The molecule has 5 heteroatoms. The first-order valence-corrected chi connectivity index (χ1v) is 8.53. The number of aromatic nitrogens is 1. The number of thiazole rings is 1. The van der Waals surface area contributed by atoms with Crippen molar-refractivity contribution in [2.45, 2.75) is 12.5 Å². The van der Waals surface area contributed by atoms with E-state index in [9.17, 15) is 0 Å². The lowest BCUT2D eigenvalue weighted by molar-refractivity contribution is 0.589. The van der Waals surface area contributed by atoms with E-state index in [4.69, 9.17) is 10.7 Å². The van der Waals surface area contributed by atoms with Crippen molar-refractivity contribution in [3.63, 3.8) is 0 Å². The Balaban J connectivity index is 1.78. The van der Waals surface area contributed by atoms with Crippen LogP contribution in [0.1, 0.15) is 16.6 Å². The minimum atomic E-state index is 0.229. The van der Waals surface area contributed by atoms with E-state index < -0.39 is 0 Å². The molecule has 0 aliphatic heterocycles. The highest BCUT2D eigenvalue weighted by Crippen LogP contribution is 2.29. The number of likely N-dealkylation sites (N-methyl/N-ethyl adjacent to an activating group) is 1. The Morgan fingerprint density at radius 3 is 2.67 bits per heavy atom. The number of nitrogens with two attached hydrogens (primary N) is 1. The number of nitrogens with one attached hydrogen (secondary N) is 1. The van der Waals surface area contributed by atoms with Crippen molar-refractivity contribution in [1.82, 2.24) is 10.3 Å². The van der Waals surface area contributed by atoms with Gasteiger partial charge in [-0.25, -0.2) is 4.98 Å². The van der Waals surface area contributed by atoms with Gasteiger partial charge in [0.2, 0.25) is 0 Å². The first kappa shape index (κ1) is 14.3. The first-order chi connectivity index (χ1) is 10.3. The standard InChI is InChI=1S/C16H17N3S2/c1-18-13(9-11-4-6-12(17)7-5-11)16-19-14(10-21-16)15-3-2-8-20-15/h2-8,10,13,18H,9,17H2,1H3. The van der Waals surface area contributed by atoms with E-state index in [2.05, 4.69) is 40.3 Å². The van der Waals surface area contributed by atoms with Crippen LogP contribution in [0.3, 0.4) is 0 Å². The van der Waals surface area contributed by atoms with Crippen LogP contribution in [0.25, 0.3) is 10.6 Å². The third kappa shape index (κ3) is 3.32. The molecule has 3 N–H and O–H groups in total. The number of hydrogen-bond donors (Lipinski definition) is 2. The third-order valence-electron chi connectivity index (χ3n) is 3.36. The van der Waals surface area contributed by atoms with E-state index in [1.807, 2.05) is 19.2 Å². The summed E-state index contributed by atoms with van der Waals surface area (Å²) in [5.74, 6) is 0. The molecule has 0 saturated carbocycles. The molecule has 0 bridgehead atoms. The fourth-order valence-electron chi connectivity index (χ4n) is 2.19. The molecule has 2 heterocycles. The maximum absolute atomic E-state index is 5.73. The molecule has 21 heavy (non-hydrogen) atoms. The molecule has 3 nitrogen and oxygen atoms in total. The predicted octanol–water partition coefficient (Wildman–Crippen LogP) is 3.96. The summed E-state index contributed by atoms with van der Waals surface area (Å²) >= 11 is 3.44. The summed E-state index contributed by atoms with van der Waals surface area (Å²) in [7, 11) is 1.98. The summed E-state index contributed by atoms with van der Waals surface area (Å²) in [6.45, 7) is 0. The minimum absolute atomic E-state index is 0.229. The molecule has 0 amide bonds. The molecule has 0 fully saturated rings. The van der Waals surface area contributed by atoms with Gasteiger partial charge >= 0.3 is 0 Å². The summed E-state index contributed by atoms with van der Waals surface area (Å²) in [6.07, 6.45) is 0.911. The Bertz CT molecular complexity index is 687. The van der Waals surface area contributed by atoms with E-state index in [0.717, 1.165) is 22.8 Å². The number of hydrogen-bond acceptors (Lipinski definition) is 5. The van der Waals surface area contributed by atoms with Crippen LogP contribution < -0.4 is 11.1 Å². The number of thiophene rings is 1. The van der Waals surface area contributed by atoms with Crippen molar-refractivity contribution in [2.24, 2.45) is 0 Å². The molecule has 108 valence electrons. The van der Waals surface area contributed by atoms with Crippen LogP contribution in [-0.4, -0.2) is 12.0 Å². The fourth-order valence-corrected chi connectivity index (χ4v) is 3.88. The topological polar surface area (TPSA) is 50.9 Å². The van der Waals surface area contributed by atoms with Gasteiger partial charge in [0, 0.05) is 11.1 Å². The third-order valence-corrected chi connectivity index (χ3v) is 5.21. The van der Waals surface area contributed by atoms with Crippen LogP contribution >= 0.6 is 22.7 Å². The number of anilines is 1. The Hall–Kier alpha value is -1.69. The Morgan fingerprint density at radius 1 is 1.19 bits per heavy atom. The first-order valence-electron chi connectivity index (χ1n) is 6.77. The number of rotatable bonds is 5. The molecule has 2 aromatic heterocycles. The van der Waals surface area contributed by atoms with Crippen LogP contribution in [0.2, 0.25) is 0 Å². The molecule has 0 radical (unpaired) electrons. The molecule has 0 spiro atoms. The normalized spacial score (nSPS) is 12.4. The minimum Gasteiger partial charge on any atom is -0.399 e. The molecule has 1 aromatic carbocycles. The average molecular weight is 315 g/mol. The second-order valence-electron chi connectivity index (χ2n) is 4.84. The number of benzene rings is 1. The maximum atomic E-state index is 5.73. The van der Waals surface area contributed by atoms with Crippen molar-refractivity contribution in [2.75, 3.05) is 12.8 Å². The molecule has 3 aromatic rings. The maximum Gasteiger partial charge on any atom is 0.111 e. The average Bonchev–Trinajstić information content (AvgIpc) is 3.17. The lowest BCUT2D eigenvalue weighted by Crippen LogP contribution is -2.18. The van der Waals surface area contributed by atoms with Crippen LogP contribution in [0.15, 0.2) is 47.2 Å². The molecule has 0 aliphatic carbocycles. The van der Waals surface area contributed by atoms with Gasteiger partial charge in [-0.3, -0.25) is 0 Å². The highest BCUT2D eigenvalue weighted by Gasteiger charge is 2.15. The Kier molecular flexibility index (Phi) is 4.34. The van der Waals surface area contributed by atoms with Gasteiger partial charge in [-0.15, -0.1) is 22.7 Å². The van der Waals surface area contributed by atoms with E-state index >= 15 is 0 Å². The van der Waals surface area contributed by atoms with E-state index in [-0.39, 0.29) is 6.04 Å². The van der Waals surface area contributed by atoms with Crippen LogP contribution in [0, 0.1) is 0 Å². The van der Waals surface area contributed by atoms with Crippen molar-refractivity contribution < 1.29 is 0 Å². The SMILES string of the molecule is CNC(Cc1ccc(N)cc1)c1nc(-c2cccs2)cs1. The summed E-state index contributed by atoms with van der Waals surface area (Å²) in [5, 5.41) is 8.70. The van der Waals surface area contributed by atoms with Crippen molar-refractivity contribution in [1.29, 1.82) is 0 Å². The smallest absolute Gasteiger partial charge is 0.111 e. The van der Waals surface area contributed by atoms with Gasteiger partial charge in [0.25, 0.3) is 0 Å². The Morgan fingerprint density at radius 2 is 2.00 bits per heavy atom. The molecule has 0 saturated heterocycles. The van der Waals surface area contributed by atoms with Crippen LogP contribution in [-0.2, 0) is 6.42 Å². The second-order valence-corrected chi connectivity index (χ2v) is 6.67. The van der Waals surface area contributed by atoms with E-state index in [1.54, 1.807) is 22.7 Å². The lowest BCUT2D eigenvalue weighted by Gasteiger charge is -2.13. The number of nitrogen functional groups attached to an aromatic ring is 1. The zero-order chi connectivity index (χ0) is 14.7. The molecule has 0 aliphatic rings. The summed E-state index contributed by atoms with van der Waals surface area (Å²) in [6, 6.07) is 12.4. The van der Waals surface area contributed by atoms with Crippen molar-refractivity contribution in [3.05, 3.63) is 57.7 Å². The van der Waals surface area contributed by atoms with Gasteiger partial charge in [0.15, 0.2) is 0 Å². The fraction of sp³-hybridized carbons (Fsp3) is 0.188. The van der Waals surface area contributed by atoms with E-state index in [0.29, 0.717) is 0 Å². The second kappa shape index (κ2) is 6.39. The molecular weight excluding hydrogens is 298 g/mol. The van der Waals surface area contributed by atoms with Gasteiger partial charge in [-0.2, -0.15) is 0 Å². The predicted molar refractivity (Wildman–Crippen MR) is 91.8 cm³/mol. The van der Waals surface area contributed by atoms with Gasteiger partial charge in [0.1, 0.15) is 5.01 Å². The van der Waals surface area contributed by atoms with Gasteiger partial charge < -0.3 is 11.1 Å². The summed E-state index contributed by atoms with van der Waals surface area (Å²) in [4.78, 5) is 6.00. The number of nitrogens with zero attached hydrogens (tertiary/aromatic N) is 1. The quantitative estimate of drug-likeness (QED) is 0.701. The molecule has 1 unspecified atom stereocenters. The van der Waals surface area contributed by atoms with Gasteiger partial charge in [-0.1, -0.05) is 18.2 Å². The zero-order valence-electron chi connectivity index (χ0n) is 11.7. The lowest BCUT2D eigenvalue weighted by atomic mass is 10.1. The highest BCUT2D eigenvalue weighted by atomic mass is 32.1. The van der Waals surface area contributed by atoms with E-state index in [1.165, 1.54) is 10.4 Å².